The van der Waals surface area contributed by atoms with E-state index >= 15 is 0 Å². The van der Waals surface area contributed by atoms with Crippen molar-refractivity contribution in [3.63, 3.8) is 0 Å². The molecular weight excluding hydrogens is 312 g/mol. The van der Waals surface area contributed by atoms with Gasteiger partial charge in [0.25, 0.3) is 5.69 Å². The molecule has 0 spiro atoms. The summed E-state index contributed by atoms with van der Waals surface area (Å²) in [5, 5.41) is 20.0. The molecule has 0 aliphatic rings. The minimum atomic E-state index is -1.06. The maximum absolute atomic E-state index is 12.4. The van der Waals surface area contributed by atoms with Crippen molar-refractivity contribution in [2.75, 3.05) is 0 Å². The number of hydrogen-bond acceptors (Lipinski definition) is 4. The van der Waals surface area contributed by atoms with Crippen LogP contribution in [0.5, 0.6) is 0 Å². The lowest BCUT2D eigenvalue weighted by Crippen LogP contribution is -2.17. The first-order valence-corrected chi connectivity index (χ1v) is 7.47. The molecule has 0 aliphatic heterocycles. The number of allylic oxidation sites excluding steroid dienone is 1. The molecule has 0 amide bonds. The van der Waals surface area contributed by atoms with Crippen LogP contribution in [0.25, 0.3) is 10.9 Å². The van der Waals surface area contributed by atoms with Gasteiger partial charge in [0.1, 0.15) is 0 Å². The highest BCUT2D eigenvalue weighted by Gasteiger charge is 2.17. The Balaban J connectivity index is 2.76. The minimum absolute atomic E-state index is 0.00904. The van der Waals surface area contributed by atoms with E-state index in [9.17, 15) is 19.7 Å². The number of carboxylic acid groups (broad SMARTS) is 1. The highest BCUT2D eigenvalue weighted by Crippen LogP contribution is 2.26. The highest BCUT2D eigenvalue weighted by molar-refractivity contribution is 5.82. The molecule has 1 aromatic carbocycles. The molecule has 24 heavy (non-hydrogen) atoms. The summed E-state index contributed by atoms with van der Waals surface area (Å²) in [6, 6.07) is 5.61. The number of aliphatic carboxylic acids is 1. The first kappa shape index (κ1) is 17.4. The number of pyridine rings is 1. The average Bonchev–Trinajstić information content (AvgIpc) is 2.51. The van der Waals surface area contributed by atoms with E-state index in [0.29, 0.717) is 11.2 Å². The van der Waals surface area contributed by atoms with Gasteiger partial charge in [-0.05, 0) is 19.9 Å². The van der Waals surface area contributed by atoms with Gasteiger partial charge in [0.2, 0.25) is 0 Å². The van der Waals surface area contributed by atoms with Crippen molar-refractivity contribution >= 4 is 22.6 Å². The monoisotopic (exact) mass is 330 g/mol. The Kier molecular flexibility index (Phi) is 4.82. The lowest BCUT2D eigenvalue weighted by atomic mass is 10.0. The fourth-order valence-electron chi connectivity index (χ4n) is 2.72. The number of non-ortho nitro benzene ring substituents is 1. The second kappa shape index (κ2) is 6.66. The maximum Gasteiger partial charge on any atom is 0.327 e. The van der Waals surface area contributed by atoms with E-state index < -0.39 is 10.9 Å². The third kappa shape index (κ3) is 3.34. The number of aromatic nitrogens is 1. The van der Waals surface area contributed by atoms with E-state index in [0.717, 1.165) is 6.08 Å². The molecule has 1 heterocycles. The molecule has 2 rings (SSSR count). The second-order valence-electron chi connectivity index (χ2n) is 5.84. The first-order chi connectivity index (χ1) is 11.2. The fraction of sp³-hybridized carbons (Fsp3) is 0.294. The number of nitro benzene ring substituents is 1. The zero-order valence-corrected chi connectivity index (χ0v) is 13.6. The quantitative estimate of drug-likeness (QED) is 0.515. The Bertz CT molecular complexity index is 896. The van der Waals surface area contributed by atoms with Gasteiger partial charge in [-0.3, -0.25) is 14.9 Å². The molecule has 1 aromatic heterocycles. The summed E-state index contributed by atoms with van der Waals surface area (Å²) in [7, 11) is 0. The predicted octanol–water partition coefficient (Wildman–Crippen LogP) is 3.23. The van der Waals surface area contributed by atoms with Crippen molar-refractivity contribution in [1.29, 1.82) is 0 Å². The van der Waals surface area contributed by atoms with Gasteiger partial charge >= 0.3 is 5.97 Å². The Morgan fingerprint density at radius 2 is 1.96 bits per heavy atom. The Hall–Kier alpha value is -2.96. The summed E-state index contributed by atoms with van der Waals surface area (Å²) >= 11 is 0. The summed E-state index contributed by atoms with van der Waals surface area (Å²) in [4.78, 5) is 33.5. The van der Waals surface area contributed by atoms with Gasteiger partial charge in [0.15, 0.2) is 5.43 Å². The average molecular weight is 330 g/mol. The summed E-state index contributed by atoms with van der Waals surface area (Å²) in [6.07, 6.45) is 2.55. The molecule has 126 valence electrons. The molecule has 0 fully saturated rings. The van der Waals surface area contributed by atoms with Crippen LogP contribution in [0.15, 0.2) is 41.2 Å². The van der Waals surface area contributed by atoms with Crippen LogP contribution in [-0.2, 0) is 4.79 Å². The second-order valence-corrected chi connectivity index (χ2v) is 5.84. The molecular formula is C17H18N2O5. The molecule has 1 N–H and O–H groups in total. The van der Waals surface area contributed by atoms with Crippen molar-refractivity contribution in [3.8, 4) is 0 Å². The number of hydrogen-bond donors (Lipinski definition) is 1. The molecule has 0 radical (unpaired) electrons. The van der Waals surface area contributed by atoms with Crippen LogP contribution in [0.3, 0.4) is 0 Å². The van der Waals surface area contributed by atoms with Crippen molar-refractivity contribution in [3.05, 3.63) is 62.4 Å². The predicted molar refractivity (Wildman–Crippen MR) is 90.4 cm³/mol. The number of rotatable bonds is 5. The first-order valence-electron chi connectivity index (χ1n) is 7.47. The molecule has 1 atom stereocenters. The van der Waals surface area contributed by atoms with Gasteiger partial charge in [-0.25, -0.2) is 4.79 Å². The fourth-order valence-corrected chi connectivity index (χ4v) is 2.72. The summed E-state index contributed by atoms with van der Waals surface area (Å²) in [5.41, 5.74) is 0.792. The smallest absolute Gasteiger partial charge is 0.327 e. The highest BCUT2D eigenvalue weighted by atomic mass is 16.6. The van der Waals surface area contributed by atoms with E-state index in [-0.39, 0.29) is 28.5 Å². The number of carboxylic acids is 1. The SMILES string of the molecule is CC(/C=C/C(=O)O)c1cc(=O)c2cc([N+](=O)[O-])ccc2n1C(C)C. The van der Waals surface area contributed by atoms with Crippen LogP contribution in [-0.4, -0.2) is 20.6 Å². The lowest BCUT2D eigenvalue weighted by molar-refractivity contribution is -0.384. The van der Waals surface area contributed by atoms with Crippen LogP contribution in [0.2, 0.25) is 0 Å². The Morgan fingerprint density at radius 1 is 1.29 bits per heavy atom. The van der Waals surface area contributed by atoms with Crippen LogP contribution in [0.1, 0.15) is 38.4 Å². The van der Waals surface area contributed by atoms with E-state index in [1.807, 2.05) is 18.4 Å². The maximum atomic E-state index is 12.4. The molecule has 0 aliphatic carbocycles. The minimum Gasteiger partial charge on any atom is -0.478 e. The zero-order valence-electron chi connectivity index (χ0n) is 13.6. The van der Waals surface area contributed by atoms with Gasteiger partial charge in [0, 0.05) is 41.9 Å². The number of fused-ring (bicyclic) bond motifs is 1. The van der Waals surface area contributed by atoms with Crippen LogP contribution < -0.4 is 5.43 Å². The van der Waals surface area contributed by atoms with E-state index in [2.05, 4.69) is 0 Å². The van der Waals surface area contributed by atoms with Gasteiger partial charge in [-0.1, -0.05) is 13.0 Å². The van der Waals surface area contributed by atoms with Crippen molar-refractivity contribution in [2.45, 2.75) is 32.7 Å². The third-order valence-corrected chi connectivity index (χ3v) is 3.78. The summed E-state index contributed by atoms with van der Waals surface area (Å²) in [6.45, 7) is 5.66. The number of nitrogens with zero attached hydrogens (tertiary/aromatic N) is 2. The van der Waals surface area contributed by atoms with Gasteiger partial charge < -0.3 is 9.67 Å². The number of carbonyl (C=O) groups is 1. The zero-order chi connectivity index (χ0) is 18.0. The van der Waals surface area contributed by atoms with Gasteiger partial charge in [-0.15, -0.1) is 0 Å². The van der Waals surface area contributed by atoms with Gasteiger partial charge in [0.05, 0.1) is 15.8 Å². The molecule has 0 bridgehead atoms. The number of nitro groups is 1. The molecule has 0 saturated heterocycles. The van der Waals surface area contributed by atoms with E-state index in [1.165, 1.54) is 24.3 Å². The van der Waals surface area contributed by atoms with Crippen molar-refractivity contribution < 1.29 is 14.8 Å². The molecule has 7 heteroatoms. The third-order valence-electron chi connectivity index (χ3n) is 3.78. The van der Waals surface area contributed by atoms with Gasteiger partial charge in [-0.2, -0.15) is 0 Å². The molecule has 0 saturated carbocycles. The van der Waals surface area contributed by atoms with Crippen LogP contribution >= 0.6 is 0 Å². The summed E-state index contributed by atoms with van der Waals surface area (Å²) < 4.78 is 1.90. The Labute approximate surface area is 138 Å². The van der Waals surface area contributed by atoms with Crippen LogP contribution in [0, 0.1) is 10.1 Å². The Morgan fingerprint density at radius 3 is 2.50 bits per heavy atom. The molecule has 2 aromatic rings. The van der Waals surface area contributed by atoms with Crippen molar-refractivity contribution in [2.24, 2.45) is 0 Å². The van der Waals surface area contributed by atoms with E-state index in [4.69, 9.17) is 5.11 Å². The van der Waals surface area contributed by atoms with E-state index in [1.54, 1.807) is 13.0 Å². The molecule has 7 nitrogen and oxygen atoms in total. The lowest BCUT2D eigenvalue weighted by Gasteiger charge is -2.22. The largest absolute Gasteiger partial charge is 0.478 e. The van der Waals surface area contributed by atoms with Crippen molar-refractivity contribution in [1.82, 2.24) is 4.57 Å². The standard InChI is InChI=1S/C17H18N2O5/c1-10(2)18-14-6-5-12(19(23)24)8-13(14)16(20)9-15(18)11(3)4-7-17(21)22/h4-11H,1-3H3,(H,21,22)/b7-4+. The normalized spacial score (nSPS) is 12.8. The number of benzene rings is 1. The van der Waals surface area contributed by atoms with Crippen LogP contribution in [0.4, 0.5) is 5.69 Å². The summed E-state index contributed by atoms with van der Waals surface area (Å²) in [5.74, 6) is -1.35. The topological polar surface area (TPSA) is 102 Å². The molecule has 1 unspecified atom stereocenters.